The number of piperidine rings is 1. The third-order valence-electron chi connectivity index (χ3n) is 6.68. The van der Waals surface area contributed by atoms with Crippen molar-refractivity contribution in [1.82, 2.24) is 15.0 Å². The first-order chi connectivity index (χ1) is 15.6. The second-order valence-corrected chi connectivity index (χ2v) is 8.77. The van der Waals surface area contributed by atoms with Crippen LogP contribution in [0.5, 0.6) is 0 Å². The van der Waals surface area contributed by atoms with Crippen molar-refractivity contribution in [2.75, 3.05) is 35.2 Å². The SMILES string of the molecule is CCc1cnc(N2CCC(c3ccc(CN4CCc5cc(N)cc(F)c54)nc3)CC2)nc1. The maximum Gasteiger partial charge on any atom is 0.225 e. The van der Waals surface area contributed by atoms with Gasteiger partial charge in [0, 0.05) is 43.9 Å². The molecule has 32 heavy (non-hydrogen) atoms. The Morgan fingerprint density at radius 2 is 1.81 bits per heavy atom. The van der Waals surface area contributed by atoms with E-state index in [0.29, 0.717) is 23.8 Å². The first kappa shape index (κ1) is 20.7. The third kappa shape index (κ3) is 4.11. The Bertz CT molecular complexity index is 1070. The first-order valence-electron chi connectivity index (χ1n) is 11.4. The number of fused-ring (bicyclic) bond motifs is 1. The highest BCUT2D eigenvalue weighted by atomic mass is 19.1. The summed E-state index contributed by atoms with van der Waals surface area (Å²) in [4.78, 5) is 18.1. The monoisotopic (exact) mass is 432 g/mol. The van der Waals surface area contributed by atoms with Gasteiger partial charge in [-0.15, -0.1) is 0 Å². The second kappa shape index (κ2) is 8.73. The van der Waals surface area contributed by atoms with E-state index in [1.807, 2.05) is 24.7 Å². The number of aryl methyl sites for hydroxylation is 1. The third-order valence-corrected chi connectivity index (χ3v) is 6.68. The minimum Gasteiger partial charge on any atom is -0.399 e. The Hall–Kier alpha value is -3.22. The van der Waals surface area contributed by atoms with Gasteiger partial charge in [-0.25, -0.2) is 14.4 Å². The molecule has 2 aliphatic heterocycles. The summed E-state index contributed by atoms with van der Waals surface area (Å²) in [6.45, 7) is 5.41. The van der Waals surface area contributed by atoms with Crippen LogP contribution in [0.3, 0.4) is 0 Å². The van der Waals surface area contributed by atoms with Gasteiger partial charge in [-0.1, -0.05) is 13.0 Å². The Balaban J connectivity index is 1.20. The average Bonchev–Trinajstić information content (AvgIpc) is 3.22. The summed E-state index contributed by atoms with van der Waals surface area (Å²) in [5.41, 5.74) is 11.3. The van der Waals surface area contributed by atoms with Crippen molar-refractivity contribution in [1.29, 1.82) is 0 Å². The van der Waals surface area contributed by atoms with Gasteiger partial charge in [-0.05, 0) is 66.5 Å². The summed E-state index contributed by atoms with van der Waals surface area (Å²) in [7, 11) is 0. The van der Waals surface area contributed by atoms with E-state index in [4.69, 9.17) is 10.7 Å². The summed E-state index contributed by atoms with van der Waals surface area (Å²) < 4.78 is 14.4. The Morgan fingerprint density at radius 3 is 2.50 bits per heavy atom. The molecule has 0 unspecified atom stereocenters. The molecule has 0 bridgehead atoms. The van der Waals surface area contributed by atoms with Crippen molar-refractivity contribution in [3.8, 4) is 0 Å². The van der Waals surface area contributed by atoms with Crippen molar-refractivity contribution >= 4 is 17.3 Å². The fourth-order valence-corrected chi connectivity index (χ4v) is 4.82. The van der Waals surface area contributed by atoms with Crippen LogP contribution in [0.4, 0.5) is 21.7 Å². The average molecular weight is 433 g/mol. The molecule has 0 radical (unpaired) electrons. The van der Waals surface area contributed by atoms with Crippen molar-refractivity contribution < 1.29 is 4.39 Å². The van der Waals surface area contributed by atoms with E-state index in [-0.39, 0.29) is 5.82 Å². The van der Waals surface area contributed by atoms with Crippen molar-refractivity contribution in [3.05, 3.63) is 71.1 Å². The van der Waals surface area contributed by atoms with E-state index in [9.17, 15) is 4.39 Å². The van der Waals surface area contributed by atoms with E-state index < -0.39 is 0 Å². The van der Waals surface area contributed by atoms with Crippen LogP contribution in [0.1, 0.15) is 48.1 Å². The number of pyridine rings is 1. The maximum atomic E-state index is 14.4. The molecule has 3 aromatic rings. The van der Waals surface area contributed by atoms with Gasteiger partial charge in [0.25, 0.3) is 0 Å². The van der Waals surface area contributed by atoms with E-state index in [0.717, 1.165) is 62.5 Å². The number of anilines is 3. The van der Waals surface area contributed by atoms with Gasteiger partial charge in [0.1, 0.15) is 5.82 Å². The van der Waals surface area contributed by atoms with E-state index >= 15 is 0 Å². The molecular formula is C25H29FN6. The molecule has 2 aromatic heterocycles. The van der Waals surface area contributed by atoms with Gasteiger partial charge in [0.2, 0.25) is 5.95 Å². The Morgan fingerprint density at radius 1 is 1.03 bits per heavy atom. The van der Waals surface area contributed by atoms with Crippen LogP contribution in [0.25, 0.3) is 0 Å². The molecule has 0 aliphatic carbocycles. The lowest BCUT2D eigenvalue weighted by molar-refractivity contribution is 0.498. The van der Waals surface area contributed by atoms with Crippen molar-refractivity contribution in [3.63, 3.8) is 0 Å². The molecular weight excluding hydrogens is 403 g/mol. The van der Waals surface area contributed by atoms with Crippen molar-refractivity contribution in [2.45, 2.75) is 45.1 Å². The smallest absolute Gasteiger partial charge is 0.225 e. The molecule has 1 saturated heterocycles. The van der Waals surface area contributed by atoms with Crippen molar-refractivity contribution in [2.24, 2.45) is 0 Å². The summed E-state index contributed by atoms with van der Waals surface area (Å²) in [5.74, 6) is 1.08. The minimum absolute atomic E-state index is 0.241. The zero-order chi connectivity index (χ0) is 22.1. The molecule has 5 rings (SSSR count). The molecule has 6 nitrogen and oxygen atoms in total. The Labute approximate surface area is 188 Å². The molecule has 0 atom stereocenters. The number of benzene rings is 1. The number of rotatable bonds is 5. The predicted molar refractivity (Wildman–Crippen MR) is 125 cm³/mol. The standard InChI is InChI=1S/C25H29FN6/c1-2-17-13-29-25(30-14-17)31-8-5-18(6-9-31)20-3-4-22(28-15-20)16-32-10-7-19-11-21(27)12-23(26)24(19)32/h3-4,11-15,18H,2,5-10,16,27H2,1H3. The zero-order valence-electron chi connectivity index (χ0n) is 18.5. The van der Waals surface area contributed by atoms with Gasteiger partial charge in [-0.2, -0.15) is 0 Å². The Kier molecular flexibility index (Phi) is 5.64. The first-order valence-corrected chi connectivity index (χ1v) is 11.4. The summed E-state index contributed by atoms with van der Waals surface area (Å²) >= 11 is 0. The van der Waals surface area contributed by atoms with Gasteiger partial charge in [0.05, 0.1) is 17.9 Å². The van der Waals surface area contributed by atoms with Crippen LogP contribution in [0, 0.1) is 5.82 Å². The number of hydrogen-bond acceptors (Lipinski definition) is 6. The van der Waals surface area contributed by atoms with Crippen LogP contribution in [-0.2, 0) is 19.4 Å². The highest BCUT2D eigenvalue weighted by Crippen LogP contribution is 2.34. The van der Waals surface area contributed by atoms with Crippen LogP contribution in [-0.4, -0.2) is 34.6 Å². The summed E-state index contributed by atoms with van der Waals surface area (Å²) in [6.07, 6.45) is 9.75. The summed E-state index contributed by atoms with van der Waals surface area (Å²) in [6, 6.07) is 7.56. The van der Waals surface area contributed by atoms with Crippen LogP contribution < -0.4 is 15.5 Å². The number of nitrogens with zero attached hydrogens (tertiary/aromatic N) is 5. The lowest BCUT2D eigenvalue weighted by atomic mass is 9.90. The molecule has 166 valence electrons. The molecule has 0 spiro atoms. The molecule has 2 N–H and O–H groups in total. The van der Waals surface area contributed by atoms with Crippen LogP contribution >= 0.6 is 0 Å². The highest BCUT2D eigenvalue weighted by Gasteiger charge is 2.25. The van der Waals surface area contributed by atoms with Gasteiger partial charge >= 0.3 is 0 Å². The lowest BCUT2D eigenvalue weighted by Gasteiger charge is -2.32. The quantitative estimate of drug-likeness (QED) is 0.612. The lowest BCUT2D eigenvalue weighted by Crippen LogP contribution is -2.34. The van der Waals surface area contributed by atoms with Gasteiger partial charge in [0.15, 0.2) is 0 Å². The molecule has 2 aliphatic rings. The summed E-state index contributed by atoms with van der Waals surface area (Å²) in [5, 5.41) is 0. The molecule has 4 heterocycles. The fourth-order valence-electron chi connectivity index (χ4n) is 4.82. The number of nitrogens with two attached hydrogens (primary N) is 1. The van der Waals surface area contributed by atoms with Gasteiger partial charge in [-0.3, -0.25) is 4.98 Å². The zero-order valence-corrected chi connectivity index (χ0v) is 18.5. The number of nitrogen functional groups attached to an aromatic ring is 1. The predicted octanol–water partition coefficient (Wildman–Crippen LogP) is 4.10. The number of hydrogen-bond donors (Lipinski definition) is 1. The highest BCUT2D eigenvalue weighted by molar-refractivity contribution is 5.64. The fraction of sp³-hybridized carbons (Fsp3) is 0.400. The second-order valence-electron chi connectivity index (χ2n) is 8.77. The van der Waals surface area contributed by atoms with E-state index in [1.165, 1.54) is 17.2 Å². The minimum atomic E-state index is -0.241. The maximum absolute atomic E-state index is 14.4. The molecule has 1 fully saturated rings. The van der Waals surface area contributed by atoms with E-state index in [2.05, 4.69) is 38.8 Å². The van der Waals surface area contributed by atoms with Gasteiger partial charge < -0.3 is 15.5 Å². The topological polar surface area (TPSA) is 71.2 Å². The largest absolute Gasteiger partial charge is 0.399 e. The number of aromatic nitrogens is 3. The molecule has 0 amide bonds. The van der Waals surface area contributed by atoms with Crippen LogP contribution in [0.15, 0.2) is 42.9 Å². The molecule has 7 heteroatoms. The molecule has 1 aromatic carbocycles. The molecule has 0 saturated carbocycles. The normalized spacial score (nSPS) is 16.4. The van der Waals surface area contributed by atoms with E-state index in [1.54, 1.807) is 0 Å². The number of halogens is 1. The van der Waals surface area contributed by atoms with Crippen LogP contribution in [0.2, 0.25) is 0 Å².